The van der Waals surface area contributed by atoms with Crippen molar-refractivity contribution in [2.45, 2.75) is 6.43 Å². The van der Waals surface area contributed by atoms with E-state index in [-0.39, 0.29) is 0 Å². The number of aromatic nitrogens is 1. The van der Waals surface area contributed by atoms with Crippen molar-refractivity contribution in [2.24, 2.45) is 0 Å². The van der Waals surface area contributed by atoms with Gasteiger partial charge in [0.25, 0.3) is 6.43 Å². The molecule has 0 unspecified atom stereocenters. The van der Waals surface area contributed by atoms with Gasteiger partial charge in [0.1, 0.15) is 0 Å². The highest BCUT2D eigenvalue weighted by Crippen LogP contribution is 2.29. The summed E-state index contributed by atoms with van der Waals surface area (Å²) in [7, 11) is 0. The van der Waals surface area contributed by atoms with Gasteiger partial charge >= 0.3 is 5.97 Å². The SMILES string of the molecule is Nc1c(C(F)F)cnc(C(=O)O)c1N. The number of rotatable bonds is 2. The first-order valence-electron chi connectivity index (χ1n) is 3.50. The monoisotopic (exact) mass is 203 g/mol. The number of nitrogen functional groups attached to an aromatic ring is 2. The minimum absolute atomic E-state index is 0.435. The average molecular weight is 203 g/mol. The Kier molecular flexibility index (Phi) is 2.50. The van der Waals surface area contributed by atoms with Gasteiger partial charge in [0, 0.05) is 6.20 Å². The Balaban J connectivity index is 3.33. The summed E-state index contributed by atoms with van der Waals surface area (Å²) in [6.45, 7) is 0. The van der Waals surface area contributed by atoms with Crippen LogP contribution in [0.15, 0.2) is 6.20 Å². The van der Waals surface area contributed by atoms with Gasteiger partial charge in [-0.25, -0.2) is 18.6 Å². The molecule has 7 heteroatoms. The second-order valence-electron chi connectivity index (χ2n) is 2.50. The first-order chi connectivity index (χ1) is 6.45. The van der Waals surface area contributed by atoms with E-state index in [0.29, 0.717) is 6.20 Å². The van der Waals surface area contributed by atoms with Crippen molar-refractivity contribution in [3.05, 3.63) is 17.5 Å². The molecule has 0 amide bonds. The van der Waals surface area contributed by atoms with Crippen molar-refractivity contribution in [3.63, 3.8) is 0 Å². The Hall–Kier alpha value is -1.92. The second kappa shape index (κ2) is 3.44. The lowest BCUT2D eigenvalue weighted by Gasteiger charge is -2.08. The van der Waals surface area contributed by atoms with Crippen LogP contribution < -0.4 is 11.5 Å². The molecule has 1 aromatic rings. The number of carboxylic acids is 1. The van der Waals surface area contributed by atoms with Crippen LogP contribution in [0.2, 0.25) is 0 Å². The van der Waals surface area contributed by atoms with Crippen LogP contribution in [0.1, 0.15) is 22.5 Å². The van der Waals surface area contributed by atoms with Gasteiger partial charge in [0.05, 0.1) is 16.9 Å². The number of nitrogens with two attached hydrogens (primary N) is 2. The third-order valence-corrected chi connectivity index (χ3v) is 1.63. The molecule has 0 fully saturated rings. The summed E-state index contributed by atoms with van der Waals surface area (Å²) in [5.74, 6) is -1.41. The van der Waals surface area contributed by atoms with Crippen molar-refractivity contribution in [1.82, 2.24) is 4.98 Å². The van der Waals surface area contributed by atoms with Crippen LogP contribution in [0.4, 0.5) is 20.2 Å². The first kappa shape index (κ1) is 10.2. The van der Waals surface area contributed by atoms with E-state index >= 15 is 0 Å². The van der Waals surface area contributed by atoms with Crippen LogP contribution >= 0.6 is 0 Å². The minimum atomic E-state index is -2.83. The Morgan fingerprint density at radius 1 is 1.43 bits per heavy atom. The molecule has 0 aromatic carbocycles. The third kappa shape index (κ3) is 1.56. The predicted molar refractivity (Wildman–Crippen MR) is 45.0 cm³/mol. The fourth-order valence-electron chi connectivity index (χ4n) is 0.901. The van der Waals surface area contributed by atoms with Gasteiger partial charge in [0.15, 0.2) is 5.69 Å². The highest BCUT2D eigenvalue weighted by molar-refractivity contribution is 5.95. The largest absolute Gasteiger partial charge is 0.476 e. The Bertz CT molecular complexity index is 381. The summed E-state index contributed by atoms with van der Waals surface area (Å²) >= 11 is 0. The van der Waals surface area contributed by atoms with E-state index in [1.165, 1.54) is 0 Å². The number of carbonyl (C=O) groups is 1. The standard InChI is InChI=1S/C7H7F2N3O2/c8-6(9)2-1-12-5(7(13)14)4(11)3(2)10/h1,6H,11H2,(H2,10,12)(H,13,14). The Labute approximate surface area is 77.3 Å². The number of pyridine rings is 1. The number of anilines is 2. The number of nitrogens with zero attached hydrogens (tertiary/aromatic N) is 1. The zero-order valence-electron chi connectivity index (χ0n) is 6.87. The van der Waals surface area contributed by atoms with E-state index in [0.717, 1.165) is 0 Å². The maximum absolute atomic E-state index is 12.2. The average Bonchev–Trinajstić information content (AvgIpc) is 2.08. The van der Waals surface area contributed by atoms with Crippen LogP contribution in [-0.4, -0.2) is 16.1 Å². The summed E-state index contributed by atoms with van der Waals surface area (Å²) in [6.07, 6.45) is -2.12. The molecule has 5 nitrogen and oxygen atoms in total. The number of hydrogen-bond donors (Lipinski definition) is 3. The molecular weight excluding hydrogens is 196 g/mol. The van der Waals surface area contributed by atoms with Gasteiger partial charge in [-0.1, -0.05) is 0 Å². The van der Waals surface area contributed by atoms with E-state index in [4.69, 9.17) is 16.6 Å². The lowest BCUT2D eigenvalue weighted by Crippen LogP contribution is -2.10. The smallest absolute Gasteiger partial charge is 0.356 e. The summed E-state index contributed by atoms with van der Waals surface area (Å²) in [5, 5.41) is 8.53. The lowest BCUT2D eigenvalue weighted by atomic mass is 10.2. The third-order valence-electron chi connectivity index (χ3n) is 1.63. The van der Waals surface area contributed by atoms with Crippen molar-refractivity contribution in [1.29, 1.82) is 0 Å². The fraction of sp³-hybridized carbons (Fsp3) is 0.143. The summed E-state index contributed by atoms with van der Waals surface area (Å²) in [6, 6.07) is 0. The topological polar surface area (TPSA) is 102 Å². The summed E-state index contributed by atoms with van der Waals surface area (Å²) in [4.78, 5) is 13.7. The highest BCUT2D eigenvalue weighted by Gasteiger charge is 2.19. The van der Waals surface area contributed by atoms with Crippen LogP contribution in [0.5, 0.6) is 0 Å². The molecular formula is C7H7F2N3O2. The van der Waals surface area contributed by atoms with E-state index < -0.39 is 35.0 Å². The Morgan fingerprint density at radius 2 is 2.00 bits per heavy atom. The van der Waals surface area contributed by atoms with Gasteiger partial charge in [-0.15, -0.1) is 0 Å². The fourth-order valence-corrected chi connectivity index (χ4v) is 0.901. The maximum Gasteiger partial charge on any atom is 0.356 e. The molecule has 0 aliphatic heterocycles. The van der Waals surface area contributed by atoms with E-state index in [2.05, 4.69) is 4.98 Å². The number of aromatic carboxylic acids is 1. The summed E-state index contributed by atoms with van der Waals surface area (Å²) < 4.78 is 24.4. The number of alkyl halides is 2. The molecule has 0 aliphatic carbocycles. The van der Waals surface area contributed by atoms with Crippen LogP contribution in [0.25, 0.3) is 0 Å². The van der Waals surface area contributed by atoms with E-state index in [9.17, 15) is 13.6 Å². The zero-order chi connectivity index (χ0) is 10.9. The molecule has 76 valence electrons. The minimum Gasteiger partial charge on any atom is -0.476 e. The molecule has 0 saturated heterocycles. The highest BCUT2D eigenvalue weighted by atomic mass is 19.3. The van der Waals surface area contributed by atoms with Crippen molar-refractivity contribution >= 4 is 17.3 Å². The number of carboxylic acid groups (broad SMARTS) is 1. The van der Waals surface area contributed by atoms with Crippen LogP contribution in [-0.2, 0) is 0 Å². The Morgan fingerprint density at radius 3 is 2.43 bits per heavy atom. The normalized spacial score (nSPS) is 10.5. The molecule has 1 aromatic heterocycles. The zero-order valence-corrected chi connectivity index (χ0v) is 6.87. The number of hydrogen-bond acceptors (Lipinski definition) is 4. The predicted octanol–water partition coefficient (Wildman–Crippen LogP) is 0.882. The van der Waals surface area contributed by atoms with Crippen LogP contribution in [0, 0.1) is 0 Å². The van der Waals surface area contributed by atoms with Crippen molar-refractivity contribution in [3.8, 4) is 0 Å². The van der Waals surface area contributed by atoms with E-state index in [1.54, 1.807) is 0 Å². The van der Waals surface area contributed by atoms with Crippen molar-refractivity contribution < 1.29 is 18.7 Å². The molecule has 0 spiro atoms. The quantitative estimate of drug-likeness (QED) is 0.662. The molecule has 1 heterocycles. The summed E-state index contributed by atoms with van der Waals surface area (Å²) in [5.41, 5.74) is 8.48. The van der Waals surface area contributed by atoms with Gasteiger partial charge in [-0.2, -0.15) is 0 Å². The molecule has 14 heavy (non-hydrogen) atoms. The van der Waals surface area contributed by atoms with Gasteiger partial charge in [-0.05, 0) is 0 Å². The molecule has 5 N–H and O–H groups in total. The molecule has 0 bridgehead atoms. The maximum atomic E-state index is 12.2. The van der Waals surface area contributed by atoms with Gasteiger partial charge in [0.2, 0.25) is 0 Å². The molecule has 0 radical (unpaired) electrons. The molecule has 0 aliphatic rings. The van der Waals surface area contributed by atoms with Gasteiger partial charge in [-0.3, -0.25) is 0 Å². The molecule has 0 atom stereocenters. The first-order valence-corrected chi connectivity index (χ1v) is 3.50. The lowest BCUT2D eigenvalue weighted by molar-refractivity contribution is 0.0691. The van der Waals surface area contributed by atoms with Gasteiger partial charge < -0.3 is 16.6 Å². The molecule has 1 rings (SSSR count). The van der Waals surface area contributed by atoms with Crippen LogP contribution in [0.3, 0.4) is 0 Å². The van der Waals surface area contributed by atoms with E-state index in [1.807, 2.05) is 0 Å². The molecule has 0 saturated carbocycles. The second-order valence-corrected chi connectivity index (χ2v) is 2.50. The van der Waals surface area contributed by atoms with Crippen molar-refractivity contribution in [2.75, 3.05) is 11.5 Å². The number of halogens is 2.